The predicted molar refractivity (Wildman–Crippen MR) is 95.5 cm³/mol. The summed E-state index contributed by atoms with van der Waals surface area (Å²) in [5.74, 6) is 0. The Labute approximate surface area is 138 Å². The van der Waals surface area contributed by atoms with Crippen molar-refractivity contribution in [3.8, 4) is 0 Å². The molecule has 2 heterocycles. The lowest BCUT2D eigenvalue weighted by atomic mass is 10.0. The Hall–Kier alpha value is -0.160. The van der Waals surface area contributed by atoms with Crippen LogP contribution in [0.25, 0.3) is 0 Å². The van der Waals surface area contributed by atoms with E-state index in [1.165, 1.54) is 65.2 Å². The van der Waals surface area contributed by atoms with E-state index in [1.54, 1.807) is 0 Å². The van der Waals surface area contributed by atoms with E-state index in [0.717, 1.165) is 6.04 Å². The summed E-state index contributed by atoms with van der Waals surface area (Å²) in [7, 11) is 2.27. The molecule has 2 rings (SSSR count). The van der Waals surface area contributed by atoms with E-state index >= 15 is 0 Å². The number of rotatable bonds is 6. The van der Waals surface area contributed by atoms with Gasteiger partial charge >= 0.3 is 0 Å². The molecule has 2 saturated heterocycles. The lowest BCUT2D eigenvalue weighted by Gasteiger charge is -2.45. The van der Waals surface area contributed by atoms with Gasteiger partial charge in [0.2, 0.25) is 0 Å². The van der Waals surface area contributed by atoms with Crippen LogP contribution in [0.4, 0.5) is 0 Å². The van der Waals surface area contributed by atoms with Gasteiger partial charge in [-0.25, -0.2) is 0 Å². The highest BCUT2D eigenvalue weighted by atomic mass is 15.3. The van der Waals surface area contributed by atoms with Gasteiger partial charge in [-0.15, -0.1) is 0 Å². The molecule has 0 unspecified atom stereocenters. The second-order valence-electron chi connectivity index (χ2n) is 7.58. The van der Waals surface area contributed by atoms with Gasteiger partial charge in [0.15, 0.2) is 0 Å². The average molecular weight is 311 g/mol. The molecular weight excluding hydrogens is 272 g/mol. The molecular formula is C18H38N4. The summed E-state index contributed by atoms with van der Waals surface area (Å²) in [6.07, 6.45) is 2.69. The average Bonchev–Trinajstić information content (AvgIpc) is 2.52. The minimum atomic E-state index is 0.688. The number of likely N-dealkylation sites (N-methyl/N-ethyl adjacent to an activating group) is 2. The van der Waals surface area contributed by atoms with Crippen molar-refractivity contribution in [1.82, 2.24) is 19.6 Å². The van der Waals surface area contributed by atoms with Crippen molar-refractivity contribution in [2.24, 2.45) is 0 Å². The Kier molecular flexibility index (Phi) is 7.13. The molecule has 4 nitrogen and oxygen atoms in total. The highest BCUT2D eigenvalue weighted by Gasteiger charge is 2.28. The highest BCUT2D eigenvalue weighted by molar-refractivity contribution is 4.85. The summed E-state index contributed by atoms with van der Waals surface area (Å²) in [4.78, 5) is 10.5. The molecule has 2 fully saturated rings. The summed E-state index contributed by atoms with van der Waals surface area (Å²) in [5.41, 5.74) is 0. The van der Waals surface area contributed by atoms with Crippen LogP contribution in [0, 0.1) is 0 Å². The van der Waals surface area contributed by atoms with E-state index in [4.69, 9.17) is 0 Å². The van der Waals surface area contributed by atoms with Gasteiger partial charge in [-0.1, -0.05) is 6.92 Å². The van der Waals surface area contributed by atoms with E-state index in [2.05, 4.69) is 54.3 Å². The molecule has 130 valence electrons. The van der Waals surface area contributed by atoms with E-state index < -0.39 is 0 Å². The largest absolute Gasteiger partial charge is 0.301 e. The molecule has 4 heteroatoms. The predicted octanol–water partition coefficient (Wildman–Crippen LogP) is 1.82. The molecule has 0 aromatic carbocycles. The van der Waals surface area contributed by atoms with Crippen LogP contribution < -0.4 is 0 Å². The van der Waals surface area contributed by atoms with Crippen LogP contribution >= 0.6 is 0 Å². The summed E-state index contributed by atoms with van der Waals surface area (Å²) in [6.45, 7) is 19.5. The molecule has 0 aromatic heterocycles. The van der Waals surface area contributed by atoms with Crippen LogP contribution in [0.1, 0.15) is 40.5 Å². The molecule has 0 spiro atoms. The second kappa shape index (κ2) is 8.62. The lowest BCUT2D eigenvalue weighted by Crippen LogP contribution is -2.57. The first-order valence-corrected chi connectivity index (χ1v) is 9.42. The van der Waals surface area contributed by atoms with E-state index in [1.807, 2.05) is 0 Å². The molecule has 2 aliphatic rings. The third-order valence-electron chi connectivity index (χ3n) is 6.02. The highest BCUT2D eigenvalue weighted by Crippen LogP contribution is 2.18. The van der Waals surface area contributed by atoms with Crippen LogP contribution in [0.15, 0.2) is 0 Å². The second-order valence-corrected chi connectivity index (χ2v) is 7.58. The standard InChI is InChI=1S/C18H38N4/c1-6-20-10-12-21(13-11-20)9-7-8-16(2)22-14-17(3)19(5)18(4)15-22/h16-18H,6-15H2,1-5H3/t16-,17-,18+/m1/s1. The van der Waals surface area contributed by atoms with Crippen LogP contribution in [-0.2, 0) is 0 Å². The van der Waals surface area contributed by atoms with Crippen molar-refractivity contribution in [1.29, 1.82) is 0 Å². The van der Waals surface area contributed by atoms with Gasteiger partial charge in [0.1, 0.15) is 0 Å². The summed E-state index contributed by atoms with van der Waals surface area (Å²) in [5, 5.41) is 0. The number of nitrogens with zero attached hydrogens (tertiary/aromatic N) is 4. The molecule has 3 atom stereocenters. The van der Waals surface area contributed by atoms with Gasteiger partial charge in [-0.05, 0) is 53.8 Å². The molecule has 0 aromatic rings. The maximum Gasteiger partial charge on any atom is 0.0195 e. The van der Waals surface area contributed by atoms with Gasteiger partial charge in [0.05, 0.1) is 0 Å². The lowest BCUT2D eigenvalue weighted by molar-refractivity contribution is 0.0343. The first kappa shape index (κ1) is 18.2. The van der Waals surface area contributed by atoms with Crippen LogP contribution in [-0.4, -0.2) is 97.1 Å². The van der Waals surface area contributed by atoms with Crippen LogP contribution in [0.2, 0.25) is 0 Å². The Bertz CT molecular complexity index is 302. The SMILES string of the molecule is CCN1CCN(CCC[C@@H](C)N2C[C@@H](C)N(C)[C@@H](C)C2)CC1. The van der Waals surface area contributed by atoms with Gasteiger partial charge in [-0.2, -0.15) is 0 Å². The summed E-state index contributed by atoms with van der Waals surface area (Å²) < 4.78 is 0. The zero-order valence-electron chi connectivity index (χ0n) is 15.6. The Morgan fingerprint density at radius 1 is 0.955 bits per heavy atom. The molecule has 0 aliphatic carbocycles. The minimum Gasteiger partial charge on any atom is -0.301 e. The first-order chi connectivity index (χ1) is 10.5. The fraction of sp³-hybridized carbons (Fsp3) is 1.00. The fourth-order valence-corrected chi connectivity index (χ4v) is 3.93. The van der Waals surface area contributed by atoms with E-state index in [0.29, 0.717) is 12.1 Å². The molecule has 0 amide bonds. The van der Waals surface area contributed by atoms with Crippen molar-refractivity contribution in [2.75, 3.05) is 59.4 Å². The van der Waals surface area contributed by atoms with E-state index in [9.17, 15) is 0 Å². The summed E-state index contributed by atoms with van der Waals surface area (Å²) >= 11 is 0. The zero-order chi connectivity index (χ0) is 16.1. The molecule has 22 heavy (non-hydrogen) atoms. The monoisotopic (exact) mass is 310 g/mol. The number of hydrogen-bond donors (Lipinski definition) is 0. The molecule has 0 radical (unpaired) electrons. The van der Waals surface area contributed by atoms with Gasteiger partial charge in [0.25, 0.3) is 0 Å². The first-order valence-electron chi connectivity index (χ1n) is 9.42. The van der Waals surface area contributed by atoms with Crippen molar-refractivity contribution >= 4 is 0 Å². The van der Waals surface area contributed by atoms with Crippen molar-refractivity contribution < 1.29 is 0 Å². The fourth-order valence-electron chi connectivity index (χ4n) is 3.93. The number of piperazine rings is 2. The van der Waals surface area contributed by atoms with Gasteiger partial charge in [-0.3, -0.25) is 9.80 Å². The Morgan fingerprint density at radius 2 is 1.50 bits per heavy atom. The topological polar surface area (TPSA) is 13.0 Å². The van der Waals surface area contributed by atoms with Crippen molar-refractivity contribution in [2.45, 2.75) is 58.7 Å². The maximum atomic E-state index is 2.71. The molecule has 2 aliphatic heterocycles. The van der Waals surface area contributed by atoms with Crippen molar-refractivity contribution in [3.05, 3.63) is 0 Å². The Morgan fingerprint density at radius 3 is 2.05 bits per heavy atom. The van der Waals surface area contributed by atoms with Crippen molar-refractivity contribution in [3.63, 3.8) is 0 Å². The molecule has 0 N–H and O–H groups in total. The third-order valence-corrected chi connectivity index (χ3v) is 6.02. The van der Waals surface area contributed by atoms with Gasteiger partial charge in [0, 0.05) is 57.4 Å². The third kappa shape index (κ3) is 4.92. The van der Waals surface area contributed by atoms with E-state index in [-0.39, 0.29) is 0 Å². The summed E-state index contributed by atoms with van der Waals surface area (Å²) in [6, 6.07) is 2.11. The minimum absolute atomic E-state index is 0.688. The number of hydrogen-bond acceptors (Lipinski definition) is 4. The van der Waals surface area contributed by atoms with Gasteiger partial charge < -0.3 is 9.80 Å². The zero-order valence-corrected chi connectivity index (χ0v) is 15.6. The smallest absolute Gasteiger partial charge is 0.0195 e. The van der Waals surface area contributed by atoms with Crippen LogP contribution in [0.3, 0.4) is 0 Å². The normalized spacial score (nSPS) is 31.5. The maximum absolute atomic E-state index is 2.71. The molecule has 0 bridgehead atoms. The molecule has 0 saturated carbocycles. The Balaban J connectivity index is 1.64. The quantitative estimate of drug-likeness (QED) is 0.742. The van der Waals surface area contributed by atoms with Crippen LogP contribution in [0.5, 0.6) is 0 Å².